The maximum Gasteiger partial charge on any atom is 0.256 e. The predicted molar refractivity (Wildman–Crippen MR) is 94.4 cm³/mol. The molecular weight excluding hydrogens is 320 g/mol. The largest absolute Gasteiger partial charge is 0.307 e. The van der Waals surface area contributed by atoms with E-state index < -0.39 is 0 Å². The molecule has 0 saturated carbocycles. The Kier molecular flexibility index (Phi) is 5.47. The van der Waals surface area contributed by atoms with Gasteiger partial charge in [-0.25, -0.2) is 4.89 Å². The average molecular weight is 344 g/mol. The molecule has 1 atom stereocenters. The summed E-state index contributed by atoms with van der Waals surface area (Å²) in [7, 11) is 1.80. The van der Waals surface area contributed by atoms with Crippen LogP contribution in [0.3, 0.4) is 0 Å². The summed E-state index contributed by atoms with van der Waals surface area (Å²) in [6, 6.07) is 7.86. The number of aromatic nitrogens is 2. The lowest BCUT2D eigenvalue weighted by Crippen LogP contribution is -2.32. The van der Waals surface area contributed by atoms with E-state index >= 15 is 0 Å². The summed E-state index contributed by atoms with van der Waals surface area (Å²) in [5.74, 6) is 0.556. The van der Waals surface area contributed by atoms with Gasteiger partial charge >= 0.3 is 0 Å². The van der Waals surface area contributed by atoms with Crippen molar-refractivity contribution in [3.63, 3.8) is 0 Å². The molecule has 1 fully saturated rings. The number of rotatable bonds is 6. The van der Waals surface area contributed by atoms with Gasteiger partial charge in [-0.3, -0.25) is 19.6 Å². The molecule has 2 heterocycles. The first-order chi connectivity index (χ1) is 12.1. The van der Waals surface area contributed by atoms with E-state index in [-0.39, 0.29) is 11.9 Å². The van der Waals surface area contributed by atoms with Crippen molar-refractivity contribution in [2.45, 2.75) is 32.4 Å². The molecule has 1 aromatic heterocycles. The van der Waals surface area contributed by atoms with E-state index in [4.69, 9.17) is 5.26 Å². The van der Waals surface area contributed by atoms with Crippen LogP contribution in [0, 0.1) is 6.92 Å². The zero-order valence-electron chi connectivity index (χ0n) is 14.6. The number of carbonyl (C=O) groups excluding carboxylic acids is 1. The number of aryl methyl sites for hydroxylation is 2. The minimum absolute atomic E-state index is 0.148. The molecule has 2 N–H and O–H groups in total. The van der Waals surface area contributed by atoms with E-state index in [0.717, 1.165) is 37.1 Å². The average Bonchev–Trinajstić information content (AvgIpc) is 3.17. The van der Waals surface area contributed by atoms with Gasteiger partial charge in [0, 0.05) is 30.8 Å². The first-order valence-electron chi connectivity index (χ1n) is 8.48. The van der Waals surface area contributed by atoms with Gasteiger partial charge in [-0.2, -0.15) is 5.10 Å². The Labute approximate surface area is 147 Å². The van der Waals surface area contributed by atoms with Crippen LogP contribution in [0.1, 0.15) is 34.3 Å². The molecule has 1 aliphatic heterocycles. The van der Waals surface area contributed by atoms with Crippen LogP contribution in [-0.2, 0) is 18.5 Å². The van der Waals surface area contributed by atoms with Crippen LogP contribution in [0.5, 0.6) is 0 Å². The summed E-state index contributed by atoms with van der Waals surface area (Å²) in [5, 5.41) is 15.8. The van der Waals surface area contributed by atoms with Crippen molar-refractivity contribution in [2.24, 2.45) is 7.05 Å². The van der Waals surface area contributed by atoms with Crippen molar-refractivity contribution in [1.82, 2.24) is 14.7 Å². The van der Waals surface area contributed by atoms with Gasteiger partial charge in [-0.1, -0.05) is 12.1 Å². The highest BCUT2D eigenvalue weighted by Crippen LogP contribution is 2.21. The highest BCUT2D eigenvalue weighted by Gasteiger charge is 2.25. The smallest absolute Gasteiger partial charge is 0.256 e. The number of anilines is 1. The number of amides is 1. The molecule has 0 spiro atoms. The molecular formula is C18H24N4O3. The molecule has 7 nitrogen and oxygen atoms in total. The summed E-state index contributed by atoms with van der Waals surface area (Å²) >= 11 is 0. The molecule has 1 aromatic carbocycles. The Morgan fingerprint density at radius 1 is 1.48 bits per heavy atom. The van der Waals surface area contributed by atoms with Crippen molar-refractivity contribution < 1.29 is 14.9 Å². The first-order valence-corrected chi connectivity index (χ1v) is 8.48. The van der Waals surface area contributed by atoms with Gasteiger partial charge < -0.3 is 5.32 Å². The standard InChI is InChI=1S/C18H24N4O3/c1-13-10-19-21(2)17(13)20-18(23)15-6-3-5-14(9-15)11-22-8-4-7-16(22)12-25-24/h3,5-6,9-10,16,24H,4,7-8,11-12H2,1-2H3,(H,20,23)/t16-/m0/s1. The lowest BCUT2D eigenvalue weighted by atomic mass is 10.1. The molecule has 25 heavy (non-hydrogen) atoms. The molecule has 1 amide bonds. The number of likely N-dealkylation sites (tertiary alicyclic amines) is 1. The minimum Gasteiger partial charge on any atom is -0.307 e. The number of nitrogens with one attached hydrogen (secondary N) is 1. The Balaban J connectivity index is 1.70. The van der Waals surface area contributed by atoms with Gasteiger partial charge in [0.25, 0.3) is 5.91 Å². The molecule has 0 radical (unpaired) electrons. The van der Waals surface area contributed by atoms with Gasteiger partial charge in [0.2, 0.25) is 0 Å². The van der Waals surface area contributed by atoms with Crippen LogP contribution in [0.15, 0.2) is 30.5 Å². The molecule has 1 saturated heterocycles. The van der Waals surface area contributed by atoms with Crippen molar-refractivity contribution >= 4 is 11.7 Å². The van der Waals surface area contributed by atoms with E-state index in [1.165, 1.54) is 0 Å². The van der Waals surface area contributed by atoms with Crippen molar-refractivity contribution in [2.75, 3.05) is 18.5 Å². The maximum atomic E-state index is 12.6. The molecule has 134 valence electrons. The second-order valence-electron chi connectivity index (χ2n) is 6.52. The van der Waals surface area contributed by atoms with Crippen LogP contribution in [0.25, 0.3) is 0 Å². The normalized spacial score (nSPS) is 17.8. The van der Waals surface area contributed by atoms with Crippen molar-refractivity contribution in [3.8, 4) is 0 Å². The van der Waals surface area contributed by atoms with Gasteiger partial charge in [0.15, 0.2) is 0 Å². The first kappa shape index (κ1) is 17.6. The third-order valence-electron chi connectivity index (χ3n) is 4.69. The lowest BCUT2D eigenvalue weighted by Gasteiger charge is -2.23. The minimum atomic E-state index is -0.148. The second kappa shape index (κ2) is 7.77. The predicted octanol–water partition coefficient (Wildman–Crippen LogP) is 2.43. The van der Waals surface area contributed by atoms with Crippen molar-refractivity contribution in [1.29, 1.82) is 0 Å². The van der Waals surface area contributed by atoms with E-state index in [1.54, 1.807) is 17.9 Å². The Hall–Kier alpha value is -2.22. The van der Waals surface area contributed by atoms with E-state index in [2.05, 4.69) is 20.2 Å². The molecule has 0 aliphatic carbocycles. The second-order valence-corrected chi connectivity index (χ2v) is 6.52. The fourth-order valence-corrected chi connectivity index (χ4v) is 3.33. The summed E-state index contributed by atoms with van der Waals surface area (Å²) in [6.07, 6.45) is 3.83. The third kappa shape index (κ3) is 4.07. The topological polar surface area (TPSA) is 79.6 Å². The lowest BCUT2D eigenvalue weighted by molar-refractivity contribution is -0.250. The van der Waals surface area contributed by atoms with Crippen molar-refractivity contribution in [3.05, 3.63) is 47.2 Å². The van der Waals surface area contributed by atoms with Gasteiger partial charge in [-0.05, 0) is 44.0 Å². The quantitative estimate of drug-likeness (QED) is 0.621. The van der Waals surface area contributed by atoms with Crippen LogP contribution in [-0.4, -0.2) is 45.0 Å². The molecule has 0 unspecified atom stereocenters. The molecule has 0 bridgehead atoms. The van der Waals surface area contributed by atoms with E-state index in [1.807, 2.05) is 31.2 Å². The fourth-order valence-electron chi connectivity index (χ4n) is 3.33. The Morgan fingerprint density at radius 2 is 2.32 bits per heavy atom. The van der Waals surface area contributed by atoms with E-state index in [0.29, 0.717) is 18.0 Å². The highest BCUT2D eigenvalue weighted by molar-refractivity contribution is 6.04. The number of hydrogen-bond donors (Lipinski definition) is 2. The summed E-state index contributed by atoms with van der Waals surface area (Å²) < 4.78 is 1.65. The Bertz CT molecular complexity index is 724. The maximum absolute atomic E-state index is 12.6. The van der Waals surface area contributed by atoms with Gasteiger partial charge in [0.05, 0.1) is 12.8 Å². The van der Waals surface area contributed by atoms with Crippen LogP contribution >= 0.6 is 0 Å². The number of nitrogens with zero attached hydrogens (tertiary/aromatic N) is 3. The van der Waals surface area contributed by atoms with Crippen LogP contribution in [0.4, 0.5) is 5.82 Å². The molecule has 1 aliphatic rings. The van der Waals surface area contributed by atoms with Gasteiger partial charge in [-0.15, -0.1) is 0 Å². The summed E-state index contributed by atoms with van der Waals surface area (Å²) in [5.41, 5.74) is 2.61. The third-order valence-corrected chi connectivity index (χ3v) is 4.69. The zero-order valence-corrected chi connectivity index (χ0v) is 14.6. The Morgan fingerprint density at radius 3 is 3.04 bits per heavy atom. The number of carbonyl (C=O) groups is 1. The number of benzene rings is 1. The highest BCUT2D eigenvalue weighted by atomic mass is 17.1. The SMILES string of the molecule is Cc1cnn(C)c1NC(=O)c1cccc(CN2CCC[C@H]2COO)c1. The fraction of sp³-hybridized carbons (Fsp3) is 0.444. The molecule has 3 rings (SSSR count). The van der Waals surface area contributed by atoms with E-state index in [9.17, 15) is 4.79 Å². The molecule has 7 heteroatoms. The zero-order chi connectivity index (χ0) is 17.8. The number of hydrogen-bond acceptors (Lipinski definition) is 5. The van der Waals surface area contributed by atoms with Crippen LogP contribution in [0.2, 0.25) is 0 Å². The van der Waals surface area contributed by atoms with Crippen LogP contribution < -0.4 is 5.32 Å². The van der Waals surface area contributed by atoms with Gasteiger partial charge in [0.1, 0.15) is 5.82 Å². The summed E-state index contributed by atoms with van der Waals surface area (Å²) in [4.78, 5) is 19.2. The monoisotopic (exact) mass is 344 g/mol. The summed E-state index contributed by atoms with van der Waals surface area (Å²) in [6.45, 7) is 3.94. The molecule has 2 aromatic rings.